The van der Waals surface area contributed by atoms with Gasteiger partial charge in [0.2, 0.25) is 5.91 Å². The van der Waals surface area contributed by atoms with Crippen LogP contribution in [0.2, 0.25) is 0 Å². The van der Waals surface area contributed by atoms with E-state index in [1.165, 1.54) is 17.5 Å². The molecule has 0 saturated carbocycles. The number of piperidine rings is 1. The first-order chi connectivity index (χ1) is 11.6. The van der Waals surface area contributed by atoms with Crippen LogP contribution in [0.25, 0.3) is 0 Å². The van der Waals surface area contributed by atoms with Crippen LogP contribution < -0.4 is 5.73 Å². The van der Waals surface area contributed by atoms with Crippen LogP contribution in [0.3, 0.4) is 0 Å². The summed E-state index contributed by atoms with van der Waals surface area (Å²) in [7, 11) is 0. The van der Waals surface area contributed by atoms with E-state index in [1.54, 1.807) is 0 Å². The van der Waals surface area contributed by atoms with Crippen LogP contribution in [0.1, 0.15) is 35.6 Å². The van der Waals surface area contributed by atoms with Gasteiger partial charge in [-0.15, -0.1) is 0 Å². The van der Waals surface area contributed by atoms with E-state index >= 15 is 0 Å². The lowest BCUT2D eigenvalue weighted by Crippen LogP contribution is -2.44. The molecule has 0 aromatic heterocycles. The van der Waals surface area contributed by atoms with Gasteiger partial charge in [0.1, 0.15) is 6.04 Å². The third-order valence-electron chi connectivity index (χ3n) is 4.95. The van der Waals surface area contributed by atoms with Gasteiger partial charge in [-0.05, 0) is 49.8 Å². The number of nitrogens with zero attached hydrogens (tertiary/aromatic N) is 1. The third-order valence-corrected chi connectivity index (χ3v) is 4.95. The molecule has 1 fully saturated rings. The molecule has 0 radical (unpaired) electrons. The van der Waals surface area contributed by atoms with Crippen LogP contribution >= 0.6 is 0 Å². The van der Waals surface area contributed by atoms with Gasteiger partial charge < -0.3 is 5.73 Å². The molecule has 3 nitrogen and oxygen atoms in total. The summed E-state index contributed by atoms with van der Waals surface area (Å²) in [6.07, 6.45) is 3.40. The Balaban J connectivity index is 1.71. The summed E-state index contributed by atoms with van der Waals surface area (Å²) in [5.41, 5.74) is 9.41. The molecule has 0 aliphatic carbocycles. The Morgan fingerprint density at radius 2 is 1.88 bits per heavy atom. The Hall–Kier alpha value is -2.13. The van der Waals surface area contributed by atoms with Gasteiger partial charge in [0.25, 0.3) is 0 Å². The maximum atomic E-state index is 12.1. The molecule has 1 aliphatic heterocycles. The molecule has 0 bridgehead atoms. The van der Waals surface area contributed by atoms with E-state index in [0.717, 1.165) is 31.5 Å². The summed E-state index contributed by atoms with van der Waals surface area (Å²) < 4.78 is 0. The number of primary amides is 1. The van der Waals surface area contributed by atoms with Gasteiger partial charge in [-0.1, -0.05) is 60.2 Å². The largest absolute Gasteiger partial charge is 0.368 e. The molecule has 2 N–H and O–H groups in total. The van der Waals surface area contributed by atoms with E-state index in [2.05, 4.69) is 36.1 Å². The Bertz CT molecular complexity index is 666. The molecule has 2 atom stereocenters. The van der Waals surface area contributed by atoms with Crippen molar-refractivity contribution in [2.45, 2.75) is 32.2 Å². The summed E-state index contributed by atoms with van der Waals surface area (Å²) in [5, 5.41) is 0. The van der Waals surface area contributed by atoms with Crippen LogP contribution in [0.4, 0.5) is 0 Å². The highest BCUT2D eigenvalue weighted by Crippen LogP contribution is 2.28. The van der Waals surface area contributed by atoms with Crippen molar-refractivity contribution in [3.05, 3.63) is 71.3 Å². The minimum absolute atomic E-state index is 0.253. The highest BCUT2D eigenvalue weighted by molar-refractivity contribution is 5.81. The fourth-order valence-corrected chi connectivity index (χ4v) is 3.75. The van der Waals surface area contributed by atoms with Crippen LogP contribution in [-0.2, 0) is 11.2 Å². The van der Waals surface area contributed by atoms with E-state index in [0.29, 0.717) is 5.92 Å². The second-order valence-corrected chi connectivity index (χ2v) is 6.91. The fourth-order valence-electron chi connectivity index (χ4n) is 3.75. The minimum atomic E-state index is -0.313. The molecule has 1 amide bonds. The van der Waals surface area contributed by atoms with E-state index in [9.17, 15) is 4.79 Å². The predicted molar refractivity (Wildman–Crippen MR) is 97.6 cm³/mol. The third kappa shape index (κ3) is 4.04. The van der Waals surface area contributed by atoms with Gasteiger partial charge in [-0.3, -0.25) is 9.69 Å². The number of carbonyl (C=O) groups excluding carboxylic acids is 1. The number of benzene rings is 2. The zero-order chi connectivity index (χ0) is 16.9. The first kappa shape index (κ1) is 16.7. The highest BCUT2D eigenvalue weighted by Gasteiger charge is 2.30. The molecule has 1 aliphatic rings. The average molecular weight is 322 g/mol. The zero-order valence-electron chi connectivity index (χ0n) is 14.3. The molecule has 2 aromatic rings. The number of likely N-dealkylation sites (tertiary alicyclic amines) is 1. The van der Waals surface area contributed by atoms with Crippen LogP contribution in [-0.4, -0.2) is 23.9 Å². The molecule has 2 aromatic carbocycles. The van der Waals surface area contributed by atoms with E-state index in [-0.39, 0.29) is 11.9 Å². The van der Waals surface area contributed by atoms with Gasteiger partial charge in [-0.25, -0.2) is 0 Å². The van der Waals surface area contributed by atoms with Crippen molar-refractivity contribution < 1.29 is 4.79 Å². The quantitative estimate of drug-likeness (QED) is 0.916. The maximum absolute atomic E-state index is 12.1. The number of rotatable bonds is 5. The summed E-state index contributed by atoms with van der Waals surface area (Å²) in [6, 6.07) is 18.4. The predicted octanol–water partition coefficient (Wildman–Crippen LogP) is 3.48. The normalized spacial score (nSPS) is 19.8. The Morgan fingerprint density at radius 1 is 1.17 bits per heavy atom. The van der Waals surface area contributed by atoms with Gasteiger partial charge in [0.15, 0.2) is 0 Å². The van der Waals surface area contributed by atoms with Gasteiger partial charge in [0, 0.05) is 6.54 Å². The molecule has 126 valence electrons. The van der Waals surface area contributed by atoms with Crippen molar-refractivity contribution in [2.75, 3.05) is 13.1 Å². The molecule has 24 heavy (non-hydrogen) atoms. The van der Waals surface area contributed by atoms with Crippen molar-refractivity contribution in [3.63, 3.8) is 0 Å². The van der Waals surface area contributed by atoms with Crippen molar-refractivity contribution in [2.24, 2.45) is 11.7 Å². The molecular formula is C21H26N2O. The lowest BCUT2D eigenvalue weighted by atomic mass is 9.89. The summed E-state index contributed by atoms with van der Waals surface area (Å²) in [6.45, 7) is 3.98. The summed E-state index contributed by atoms with van der Waals surface area (Å²) >= 11 is 0. The number of amides is 1. The van der Waals surface area contributed by atoms with E-state index < -0.39 is 0 Å². The smallest absolute Gasteiger partial charge is 0.239 e. The van der Waals surface area contributed by atoms with Gasteiger partial charge in [-0.2, -0.15) is 0 Å². The number of aryl methyl sites for hydroxylation is 1. The topological polar surface area (TPSA) is 46.3 Å². The van der Waals surface area contributed by atoms with Crippen molar-refractivity contribution in [1.82, 2.24) is 4.90 Å². The maximum Gasteiger partial charge on any atom is 0.239 e. The van der Waals surface area contributed by atoms with Crippen molar-refractivity contribution in [1.29, 1.82) is 0 Å². The number of hydrogen-bond acceptors (Lipinski definition) is 2. The number of carbonyl (C=O) groups is 1. The molecule has 0 unspecified atom stereocenters. The molecule has 1 heterocycles. The highest BCUT2D eigenvalue weighted by atomic mass is 16.1. The molecule has 3 heteroatoms. The monoisotopic (exact) mass is 322 g/mol. The van der Waals surface area contributed by atoms with Crippen molar-refractivity contribution in [3.8, 4) is 0 Å². The molecular weight excluding hydrogens is 296 g/mol. The minimum Gasteiger partial charge on any atom is -0.368 e. The van der Waals surface area contributed by atoms with E-state index in [1.807, 2.05) is 30.3 Å². The lowest BCUT2D eigenvalue weighted by molar-refractivity contribution is -0.124. The average Bonchev–Trinajstić information content (AvgIpc) is 2.58. The second kappa shape index (κ2) is 7.63. The molecule has 1 saturated heterocycles. The summed E-state index contributed by atoms with van der Waals surface area (Å²) in [5.74, 6) is 0.323. The number of nitrogens with two attached hydrogens (primary N) is 1. The van der Waals surface area contributed by atoms with Crippen LogP contribution in [0.5, 0.6) is 0 Å². The number of hydrogen-bond donors (Lipinski definition) is 1. The Labute approximate surface area is 144 Å². The van der Waals surface area contributed by atoms with Gasteiger partial charge in [0.05, 0.1) is 0 Å². The lowest BCUT2D eigenvalue weighted by Gasteiger charge is -2.37. The zero-order valence-corrected chi connectivity index (χ0v) is 14.3. The van der Waals surface area contributed by atoms with Gasteiger partial charge >= 0.3 is 0 Å². The van der Waals surface area contributed by atoms with Crippen molar-refractivity contribution >= 4 is 5.91 Å². The fraction of sp³-hybridized carbons (Fsp3) is 0.381. The second-order valence-electron chi connectivity index (χ2n) is 6.91. The standard InChI is InChI=1S/C21H26N2O/c1-16-9-11-17(12-10-16)14-18-6-5-13-23(15-18)20(21(22)24)19-7-3-2-4-8-19/h2-4,7-12,18,20H,5-6,13-15H2,1H3,(H2,22,24)/t18-,20+/m0/s1. The molecule has 3 rings (SSSR count). The Kier molecular flexibility index (Phi) is 5.31. The summed E-state index contributed by atoms with van der Waals surface area (Å²) in [4.78, 5) is 14.3. The molecule has 0 spiro atoms. The van der Waals surface area contributed by atoms with E-state index in [4.69, 9.17) is 5.73 Å². The Morgan fingerprint density at radius 3 is 2.54 bits per heavy atom. The van der Waals surface area contributed by atoms with Crippen LogP contribution in [0.15, 0.2) is 54.6 Å². The first-order valence-electron chi connectivity index (χ1n) is 8.77. The van der Waals surface area contributed by atoms with Crippen LogP contribution in [0, 0.1) is 12.8 Å². The SMILES string of the molecule is Cc1ccc(C[C@@H]2CCCN([C@@H](C(N)=O)c3ccccc3)C2)cc1. The first-order valence-corrected chi connectivity index (χ1v) is 8.77.